The Labute approximate surface area is 106 Å². The second-order valence-corrected chi connectivity index (χ2v) is 3.86. The molecule has 0 atom stereocenters. The van der Waals surface area contributed by atoms with E-state index in [1.54, 1.807) is 0 Å². The molecule has 0 fully saturated rings. The van der Waals surface area contributed by atoms with Gasteiger partial charge in [0.1, 0.15) is 5.82 Å². The zero-order valence-corrected chi connectivity index (χ0v) is 9.58. The number of rotatable bonds is 2. The van der Waals surface area contributed by atoms with Crippen molar-refractivity contribution in [2.75, 3.05) is 0 Å². The normalized spacial score (nSPS) is 11.6. The molecule has 1 aromatic heterocycles. The van der Waals surface area contributed by atoms with Gasteiger partial charge in [-0.1, -0.05) is 18.2 Å². The average Bonchev–Trinajstić information content (AvgIpc) is 2.38. The van der Waals surface area contributed by atoms with Crippen molar-refractivity contribution >= 4 is 0 Å². The Hall–Kier alpha value is -1.95. The van der Waals surface area contributed by atoms with Crippen LogP contribution in [0, 0.1) is 5.82 Å². The van der Waals surface area contributed by atoms with Gasteiger partial charge in [-0.05, 0) is 12.1 Å². The summed E-state index contributed by atoms with van der Waals surface area (Å²) in [6, 6.07) is 6.00. The highest BCUT2D eigenvalue weighted by molar-refractivity contribution is 5.65. The Morgan fingerprint density at radius 1 is 1.16 bits per heavy atom. The number of hydrogen-bond donors (Lipinski definition) is 1. The number of hydrogen-bond acceptors (Lipinski definition) is 2. The van der Waals surface area contributed by atoms with Crippen molar-refractivity contribution in [2.45, 2.75) is 12.8 Å². The number of aliphatic hydroxyl groups is 1. The van der Waals surface area contributed by atoms with E-state index >= 15 is 0 Å². The van der Waals surface area contributed by atoms with Crippen molar-refractivity contribution in [3.63, 3.8) is 0 Å². The van der Waals surface area contributed by atoms with Crippen LogP contribution in [0.25, 0.3) is 11.3 Å². The second kappa shape index (κ2) is 4.97. The van der Waals surface area contributed by atoms with Gasteiger partial charge in [-0.2, -0.15) is 13.2 Å². The third-order valence-electron chi connectivity index (χ3n) is 2.61. The minimum Gasteiger partial charge on any atom is -0.392 e. The van der Waals surface area contributed by atoms with Gasteiger partial charge in [-0.3, -0.25) is 4.98 Å². The maximum Gasteiger partial charge on any atom is 0.417 e. The lowest BCUT2D eigenvalue weighted by atomic mass is 10.0. The van der Waals surface area contributed by atoms with Crippen LogP contribution in [-0.2, 0) is 12.8 Å². The van der Waals surface area contributed by atoms with Crippen LogP contribution in [0.15, 0.2) is 36.5 Å². The van der Waals surface area contributed by atoms with E-state index in [-0.39, 0.29) is 16.8 Å². The first-order valence-corrected chi connectivity index (χ1v) is 5.35. The molecule has 0 radical (unpaired) electrons. The van der Waals surface area contributed by atoms with Crippen LogP contribution in [0.2, 0.25) is 0 Å². The monoisotopic (exact) mass is 271 g/mol. The van der Waals surface area contributed by atoms with Crippen LogP contribution in [0.4, 0.5) is 17.6 Å². The van der Waals surface area contributed by atoms with E-state index in [0.29, 0.717) is 0 Å². The molecule has 1 N–H and O–H groups in total. The van der Waals surface area contributed by atoms with Crippen LogP contribution in [0.3, 0.4) is 0 Å². The van der Waals surface area contributed by atoms with Crippen LogP contribution < -0.4 is 0 Å². The van der Waals surface area contributed by atoms with Crippen molar-refractivity contribution < 1.29 is 22.7 Å². The summed E-state index contributed by atoms with van der Waals surface area (Å²) in [6.45, 7) is -0.602. The Morgan fingerprint density at radius 3 is 2.47 bits per heavy atom. The molecule has 0 amide bonds. The van der Waals surface area contributed by atoms with Crippen molar-refractivity contribution in [3.05, 3.63) is 53.5 Å². The van der Waals surface area contributed by atoms with Crippen LogP contribution in [-0.4, -0.2) is 10.1 Å². The summed E-state index contributed by atoms with van der Waals surface area (Å²) < 4.78 is 51.7. The molecule has 0 spiro atoms. The molecule has 100 valence electrons. The van der Waals surface area contributed by atoms with Gasteiger partial charge in [-0.15, -0.1) is 0 Å². The Balaban J connectivity index is 2.59. The summed E-state index contributed by atoms with van der Waals surface area (Å²) in [6.07, 6.45) is -3.72. The molecule has 6 heteroatoms. The van der Waals surface area contributed by atoms with Crippen LogP contribution in [0.5, 0.6) is 0 Å². The van der Waals surface area contributed by atoms with Crippen LogP contribution >= 0.6 is 0 Å². The molecule has 2 aromatic rings. The van der Waals surface area contributed by atoms with Crippen LogP contribution in [0.1, 0.15) is 11.1 Å². The molecular formula is C13H9F4NO. The van der Waals surface area contributed by atoms with Gasteiger partial charge < -0.3 is 5.11 Å². The number of benzene rings is 1. The fourth-order valence-electron chi connectivity index (χ4n) is 1.70. The highest BCUT2D eigenvalue weighted by Gasteiger charge is 2.33. The van der Waals surface area contributed by atoms with Gasteiger partial charge >= 0.3 is 6.18 Å². The smallest absolute Gasteiger partial charge is 0.392 e. The fraction of sp³-hybridized carbons (Fsp3) is 0.154. The minimum absolute atomic E-state index is 0.0293. The molecule has 0 aliphatic carbocycles. The number of pyridine rings is 1. The topological polar surface area (TPSA) is 33.1 Å². The maximum absolute atomic E-state index is 13.2. The van der Waals surface area contributed by atoms with Crippen molar-refractivity contribution in [2.24, 2.45) is 0 Å². The van der Waals surface area contributed by atoms with Gasteiger partial charge in [0.15, 0.2) is 0 Å². The Morgan fingerprint density at radius 2 is 1.84 bits per heavy atom. The molecule has 1 heterocycles. The molecule has 19 heavy (non-hydrogen) atoms. The van der Waals surface area contributed by atoms with Gasteiger partial charge in [0.2, 0.25) is 0 Å². The number of nitrogens with zero attached hydrogens (tertiary/aromatic N) is 1. The molecule has 2 rings (SSSR count). The van der Waals surface area contributed by atoms with E-state index in [9.17, 15) is 17.6 Å². The lowest BCUT2D eigenvalue weighted by Crippen LogP contribution is -2.07. The van der Waals surface area contributed by atoms with Gasteiger partial charge in [0.05, 0.1) is 24.1 Å². The maximum atomic E-state index is 13.2. The molecule has 0 bridgehead atoms. The molecule has 1 aromatic carbocycles. The predicted molar refractivity (Wildman–Crippen MR) is 60.6 cm³/mol. The molecular weight excluding hydrogens is 262 g/mol. The van der Waals surface area contributed by atoms with E-state index in [4.69, 9.17) is 5.11 Å². The van der Waals surface area contributed by atoms with E-state index < -0.39 is 24.2 Å². The summed E-state index contributed by atoms with van der Waals surface area (Å²) in [5, 5.41) is 8.93. The van der Waals surface area contributed by atoms with E-state index in [2.05, 4.69) is 4.98 Å². The average molecular weight is 271 g/mol. The summed E-state index contributed by atoms with van der Waals surface area (Å²) in [7, 11) is 0. The van der Waals surface area contributed by atoms with E-state index in [1.807, 2.05) is 0 Å². The van der Waals surface area contributed by atoms with Crippen molar-refractivity contribution in [1.29, 1.82) is 0 Å². The summed E-state index contributed by atoms with van der Waals surface area (Å²) in [5.41, 5.74) is -1.12. The zero-order chi connectivity index (χ0) is 14.0. The molecule has 0 saturated carbocycles. The SMILES string of the molecule is OCc1cc(-c2ccccc2C(F)(F)F)ncc1F. The Kier molecular flexibility index (Phi) is 3.53. The molecule has 0 aliphatic heterocycles. The predicted octanol–water partition coefficient (Wildman–Crippen LogP) is 3.40. The van der Waals surface area contributed by atoms with Gasteiger partial charge in [-0.25, -0.2) is 4.39 Å². The fourth-order valence-corrected chi connectivity index (χ4v) is 1.70. The molecule has 0 unspecified atom stereocenters. The number of aliphatic hydroxyl groups excluding tert-OH is 1. The highest BCUT2D eigenvalue weighted by atomic mass is 19.4. The molecule has 0 aliphatic rings. The molecule has 2 nitrogen and oxygen atoms in total. The van der Waals surface area contributed by atoms with E-state index in [0.717, 1.165) is 18.3 Å². The van der Waals surface area contributed by atoms with Gasteiger partial charge in [0.25, 0.3) is 0 Å². The van der Waals surface area contributed by atoms with Gasteiger partial charge in [0, 0.05) is 11.1 Å². The summed E-state index contributed by atoms with van der Waals surface area (Å²) in [5.74, 6) is -0.754. The standard InChI is InChI=1S/C13H9F4NO/c14-11-6-18-12(5-8(11)7-19)9-3-1-2-4-10(9)13(15,16)17/h1-6,19H,7H2. The lowest BCUT2D eigenvalue weighted by Gasteiger charge is -2.12. The third-order valence-corrected chi connectivity index (χ3v) is 2.61. The largest absolute Gasteiger partial charge is 0.417 e. The second-order valence-electron chi connectivity index (χ2n) is 3.86. The first-order chi connectivity index (χ1) is 8.93. The minimum atomic E-state index is -4.52. The zero-order valence-electron chi connectivity index (χ0n) is 9.58. The number of aromatic nitrogens is 1. The quantitative estimate of drug-likeness (QED) is 0.849. The first-order valence-electron chi connectivity index (χ1n) is 5.35. The Bertz CT molecular complexity index is 595. The summed E-state index contributed by atoms with van der Waals surface area (Å²) >= 11 is 0. The highest BCUT2D eigenvalue weighted by Crippen LogP contribution is 2.36. The number of halogens is 4. The van der Waals surface area contributed by atoms with E-state index in [1.165, 1.54) is 18.2 Å². The number of alkyl halides is 3. The molecule has 0 saturated heterocycles. The third kappa shape index (κ3) is 2.73. The first kappa shape index (κ1) is 13.5. The summed E-state index contributed by atoms with van der Waals surface area (Å²) in [4.78, 5) is 3.65. The lowest BCUT2D eigenvalue weighted by molar-refractivity contribution is -0.137. The van der Waals surface area contributed by atoms with Crippen molar-refractivity contribution in [3.8, 4) is 11.3 Å². The van der Waals surface area contributed by atoms with Crippen molar-refractivity contribution in [1.82, 2.24) is 4.98 Å².